The lowest BCUT2D eigenvalue weighted by molar-refractivity contribution is -0.139. The molecule has 154 valence electrons. The van der Waals surface area contributed by atoms with E-state index >= 15 is 0 Å². The number of para-hydroxylation sites is 1. The van der Waals surface area contributed by atoms with Crippen LogP contribution in [0.15, 0.2) is 53.0 Å². The van der Waals surface area contributed by atoms with Crippen LogP contribution >= 0.6 is 15.9 Å². The number of anilines is 2. The Hall–Kier alpha value is -2.85. The lowest BCUT2D eigenvalue weighted by Gasteiger charge is -2.25. The van der Waals surface area contributed by atoms with Crippen molar-refractivity contribution in [3.8, 4) is 6.07 Å². The highest BCUT2D eigenvalue weighted by molar-refractivity contribution is 9.10. The summed E-state index contributed by atoms with van der Waals surface area (Å²) in [6.45, 7) is 3.37. The van der Waals surface area contributed by atoms with Gasteiger partial charge in [-0.15, -0.1) is 0 Å². The zero-order valence-corrected chi connectivity index (χ0v) is 18.2. The molecule has 6 nitrogen and oxygen atoms in total. The Morgan fingerprint density at radius 2 is 1.77 bits per heavy atom. The van der Waals surface area contributed by atoms with Gasteiger partial charge in [0.1, 0.15) is 5.92 Å². The number of hydrogen-bond donors (Lipinski definition) is 0. The van der Waals surface area contributed by atoms with Gasteiger partial charge in [-0.3, -0.25) is 9.59 Å². The molecule has 0 aromatic heterocycles. The van der Waals surface area contributed by atoms with Gasteiger partial charge in [-0.05, 0) is 65.2 Å². The monoisotopic (exact) mass is 466 g/mol. The summed E-state index contributed by atoms with van der Waals surface area (Å²) in [5.41, 5.74) is 2.51. The predicted octanol–water partition coefficient (Wildman–Crippen LogP) is 3.41. The fourth-order valence-electron chi connectivity index (χ4n) is 4.18. The molecular formula is C23H23BrN4O2. The van der Waals surface area contributed by atoms with Crippen LogP contribution in [0.4, 0.5) is 11.4 Å². The maximum Gasteiger partial charge on any atom is 0.239 e. The minimum atomic E-state index is -0.599. The quantitative estimate of drug-likeness (QED) is 0.649. The van der Waals surface area contributed by atoms with Crippen molar-refractivity contribution in [3.05, 3.63) is 58.6 Å². The molecule has 0 saturated carbocycles. The molecule has 0 N–H and O–H groups in total. The second-order valence-corrected chi connectivity index (χ2v) is 8.46. The summed E-state index contributed by atoms with van der Waals surface area (Å²) in [6.07, 6.45) is 1.40. The molecule has 4 rings (SSSR count). The van der Waals surface area contributed by atoms with E-state index in [4.69, 9.17) is 5.26 Å². The molecule has 0 spiro atoms. The van der Waals surface area contributed by atoms with E-state index < -0.39 is 5.92 Å². The number of amides is 2. The van der Waals surface area contributed by atoms with E-state index in [9.17, 15) is 9.59 Å². The summed E-state index contributed by atoms with van der Waals surface area (Å²) in [4.78, 5) is 32.0. The predicted molar refractivity (Wildman–Crippen MR) is 119 cm³/mol. The minimum absolute atomic E-state index is 0.0590. The van der Waals surface area contributed by atoms with Gasteiger partial charge in [0, 0.05) is 42.9 Å². The molecule has 30 heavy (non-hydrogen) atoms. The third-order valence-corrected chi connectivity index (χ3v) is 6.49. The van der Waals surface area contributed by atoms with E-state index in [-0.39, 0.29) is 11.8 Å². The van der Waals surface area contributed by atoms with Gasteiger partial charge in [0.2, 0.25) is 11.8 Å². The zero-order chi connectivity index (χ0) is 21.1. The molecule has 2 amide bonds. The Morgan fingerprint density at radius 1 is 1.00 bits per heavy atom. The number of hydrogen-bond acceptors (Lipinski definition) is 4. The molecule has 2 saturated heterocycles. The van der Waals surface area contributed by atoms with Crippen LogP contribution in [0.2, 0.25) is 0 Å². The maximum atomic E-state index is 13.2. The largest absolute Gasteiger partial charge is 0.370 e. The fraction of sp³-hybridized carbons (Fsp3) is 0.348. The highest BCUT2D eigenvalue weighted by Crippen LogP contribution is 2.32. The zero-order valence-electron chi connectivity index (χ0n) is 16.6. The average molecular weight is 467 g/mol. The number of carbonyl (C=O) groups excluding carboxylic acids is 2. The van der Waals surface area contributed by atoms with Gasteiger partial charge in [0.25, 0.3) is 0 Å². The summed E-state index contributed by atoms with van der Waals surface area (Å²) in [7, 11) is 0. The molecule has 2 heterocycles. The molecular weight excluding hydrogens is 444 g/mol. The van der Waals surface area contributed by atoms with E-state index in [1.807, 2.05) is 53.4 Å². The van der Waals surface area contributed by atoms with Crippen LogP contribution < -0.4 is 9.80 Å². The lowest BCUT2D eigenvalue weighted by atomic mass is 10.1. The van der Waals surface area contributed by atoms with Gasteiger partial charge in [0.05, 0.1) is 17.3 Å². The summed E-state index contributed by atoms with van der Waals surface area (Å²) >= 11 is 3.50. The van der Waals surface area contributed by atoms with Gasteiger partial charge < -0.3 is 14.7 Å². The standard InChI is InChI=1S/C23H23BrN4O2/c24-20-4-1-2-5-21(20)28-13-10-19(23(28)30)22(29)27-12-3-11-26(14-15-27)18-8-6-17(16-25)7-9-18/h1-2,4-9,19H,3,10-15H2. The van der Waals surface area contributed by atoms with E-state index in [1.54, 1.807) is 4.90 Å². The SMILES string of the molecule is N#Cc1ccc(N2CCCN(C(=O)C3CCN(c4ccccc4Br)C3=O)CC2)cc1. The lowest BCUT2D eigenvalue weighted by Crippen LogP contribution is -2.42. The van der Waals surface area contributed by atoms with Crippen molar-refractivity contribution in [1.29, 1.82) is 5.26 Å². The maximum absolute atomic E-state index is 13.2. The number of halogens is 1. The first-order valence-electron chi connectivity index (χ1n) is 10.2. The Kier molecular flexibility index (Phi) is 6.05. The highest BCUT2D eigenvalue weighted by atomic mass is 79.9. The van der Waals surface area contributed by atoms with E-state index in [0.717, 1.165) is 28.8 Å². The number of carbonyl (C=O) groups is 2. The van der Waals surface area contributed by atoms with Crippen LogP contribution in [-0.4, -0.2) is 49.4 Å². The first kappa shape index (κ1) is 20.4. The molecule has 2 aliphatic rings. The van der Waals surface area contributed by atoms with Gasteiger partial charge >= 0.3 is 0 Å². The number of nitriles is 1. The molecule has 1 atom stereocenters. The Morgan fingerprint density at radius 3 is 2.50 bits per heavy atom. The number of nitrogens with zero attached hydrogens (tertiary/aromatic N) is 4. The summed E-state index contributed by atoms with van der Waals surface area (Å²) in [5, 5.41) is 8.97. The van der Waals surface area contributed by atoms with Gasteiger partial charge in [-0.25, -0.2) is 0 Å². The number of benzene rings is 2. The van der Waals surface area contributed by atoms with Crippen LogP contribution in [0.3, 0.4) is 0 Å². The topological polar surface area (TPSA) is 67.7 Å². The van der Waals surface area contributed by atoms with Crippen LogP contribution in [0, 0.1) is 17.2 Å². The average Bonchev–Trinajstić information content (AvgIpc) is 2.99. The Balaban J connectivity index is 1.41. The summed E-state index contributed by atoms with van der Waals surface area (Å²) < 4.78 is 0.860. The van der Waals surface area contributed by atoms with Crippen molar-refractivity contribution < 1.29 is 9.59 Å². The molecule has 0 radical (unpaired) electrons. The Bertz CT molecular complexity index is 985. The molecule has 0 aliphatic carbocycles. The van der Waals surface area contributed by atoms with Crippen molar-refractivity contribution >= 4 is 39.1 Å². The van der Waals surface area contributed by atoms with E-state index in [1.165, 1.54) is 0 Å². The van der Waals surface area contributed by atoms with Crippen LogP contribution in [0.25, 0.3) is 0 Å². The van der Waals surface area contributed by atoms with Crippen LogP contribution in [0.5, 0.6) is 0 Å². The molecule has 2 aromatic rings. The van der Waals surface area contributed by atoms with Crippen molar-refractivity contribution in [2.75, 3.05) is 42.5 Å². The van der Waals surface area contributed by atoms with Crippen molar-refractivity contribution in [2.24, 2.45) is 5.92 Å². The molecule has 2 aliphatic heterocycles. The van der Waals surface area contributed by atoms with Crippen LogP contribution in [-0.2, 0) is 9.59 Å². The molecule has 1 unspecified atom stereocenters. The fourth-order valence-corrected chi connectivity index (χ4v) is 4.68. The van der Waals surface area contributed by atoms with Crippen molar-refractivity contribution in [3.63, 3.8) is 0 Å². The van der Waals surface area contributed by atoms with Gasteiger partial charge in [-0.2, -0.15) is 5.26 Å². The molecule has 2 fully saturated rings. The van der Waals surface area contributed by atoms with Gasteiger partial charge in [-0.1, -0.05) is 12.1 Å². The normalized spacial score (nSPS) is 19.5. The smallest absolute Gasteiger partial charge is 0.239 e. The molecule has 0 bridgehead atoms. The third-order valence-electron chi connectivity index (χ3n) is 5.82. The second-order valence-electron chi connectivity index (χ2n) is 7.61. The molecule has 2 aromatic carbocycles. The molecule has 7 heteroatoms. The van der Waals surface area contributed by atoms with E-state index in [0.29, 0.717) is 38.2 Å². The summed E-state index contributed by atoms with van der Waals surface area (Å²) in [5.74, 6) is -0.769. The van der Waals surface area contributed by atoms with Gasteiger partial charge in [0.15, 0.2) is 0 Å². The first-order chi connectivity index (χ1) is 14.6. The third kappa shape index (κ3) is 4.05. The number of rotatable bonds is 3. The summed E-state index contributed by atoms with van der Waals surface area (Å²) in [6, 6.07) is 17.3. The highest BCUT2D eigenvalue weighted by Gasteiger charge is 2.40. The first-order valence-corrected chi connectivity index (χ1v) is 11.0. The van der Waals surface area contributed by atoms with E-state index in [2.05, 4.69) is 26.9 Å². The Labute approximate surface area is 184 Å². The van der Waals surface area contributed by atoms with Crippen LogP contribution in [0.1, 0.15) is 18.4 Å². The van der Waals surface area contributed by atoms with Crippen molar-refractivity contribution in [1.82, 2.24) is 4.90 Å². The second kappa shape index (κ2) is 8.88. The van der Waals surface area contributed by atoms with Crippen molar-refractivity contribution in [2.45, 2.75) is 12.8 Å². The minimum Gasteiger partial charge on any atom is -0.370 e.